The molecule has 1 aromatic heterocycles. The van der Waals surface area contributed by atoms with Gasteiger partial charge in [-0.2, -0.15) is 4.98 Å². The molecule has 0 fully saturated rings. The number of anilines is 1. The lowest BCUT2D eigenvalue weighted by Gasteiger charge is -2.14. The summed E-state index contributed by atoms with van der Waals surface area (Å²) in [6, 6.07) is 6.44. The van der Waals surface area contributed by atoms with Gasteiger partial charge < -0.3 is 9.47 Å². The van der Waals surface area contributed by atoms with Crippen molar-refractivity contribution in [3.63, 3.8) is 0 Å². The normalized spacial score (nSPS) is 10.3. The minimum Gasteiger partial charge on any atom is -0.490 e. The summed E-state index contributed by atoms with van der Waals surface area (Å²) in [5, 5.41) is 0.434. The number of hydrazine groups is 1. The Bertz CT molecular complexity index is 694. The first-order valence-corrected chi connectivity index (χ1v) is 7.27. The smallest absolute Gasteiger partial charge is 0.273 e. The number of amides is 1. The van der Waals surface area contributed by atoms with E-state index in [1.165, 1.54) is 19.4 Å². The van der Waals surface area contributed by atoms with E-state index in [1.54, 1.807) is 18.2 Å². The number of benzene rings is 1. The summed E-state index contributed by atoms with van der Waals surface area (Å²) < 4.78 is 10.6. The van der Waals surface area contributed by atoms with Crippen molar-refractivity contribution in [2.24, 2.45) is 0 Å². The molecule has 0 aliphatic rings. The van der Waals surface area contributed by atoms with Crippen molar-refractivity contribution in [2.45, 2.75) is 20.0 Å². The number of nitrogens with zero attached hydrogens (tertiary/aromatic N) is 2. The molecule has 0 atom stereocenters. The first-order chi connectivity index (χ1) is 11.0. The van der Waals surface area contributed by atoms with Crippen LogP contribution in [0.3, 0.4) is 0 Å². The number of carbonyl (C=O) groups is 1. The van der Waals surface area contributed by atoms with Gasteiger partial charge in [-0.1, -0.05) is 11.6 Å². The lowest BCUT2D eigenvalue weighted by atomic mass is 10.2. The van der Waals surface area contributed by atoms with Crippen LogP contribution in [-0.4, -0.2) is 29.1 Å². The molecule has 0 spiro atoms. The van der Waals surface area contributed by atoms with E-state index in [2.05, 4.69) is 20.8 Å². The van der Waals surface area contributed by atoms with Crippen molar-refractivity contribution in [1.82, 2.24) is 15.4 Å². The summed E-state index contributed by atoms with van der Waals surface area (Å²) in [6.07, 6.45) is 1.44. The molecular formula is C15H17ClN4O3. The van der Waals surface area contributed by atoms with Gasteiger partial charge in [-0.15, -0.1) is 0 Å². The molecular weight excluding hydrogens is 320 g/mol. The lowest BCUT2D eigenvalue weighted by Crippen LogP contribution is -2.31. The van der Waals surface area contributed by atoms with Crippen molar-refractivity contribution in [3.8, 4) is 11.6 Å². The zero-order valence-corrected chi connectivity index (χ0v) is 13.7. The zero-order chi connectivity index (χ0) is 16.8. The van der Waals surface area contributed by atoms with Gasteiger partial charge in [0.25, 0.3) is 5.91 Å². The number of ether oxygens (including phenoxy) is 2. The molecule has 0 radical (unpaired) electrons. The molecule has 0 saturated carbocycles. The maximum Gasteiger partial charge on any atom is 0.273 e. The third kappa shape index (κ3) is 4.72. The molecule has 1 amide bonds. The lowest BCUT2D eigenvalue weighted by molar-refractivity contribution is 0.0956. The molecule has 2 aromatic rings. The Morgan fingerprint density at radius 2 is 2.09 bits per heavy atom. The molecule has 8 heteroatoms. The van der Waals surface area contributed by atoms with Gasteiger partial charge >= 0.3 is 0 Å². The Morgan fingerprint density at radius 1 is 1.30 bits per heavy atom. The Kier molecular flexibility index (Phi) is 5.59. The van der Waals surface area contributed by atoms with Crippen molar-refractivity contribution in [3.05, 3.63) is 41.0 Å². The Hall–Kier alpha value is -2.54. The first kappa shape index (κ1) is 16.8. The van der Waals surface area contributed by atoms with Crippen LogP contribution in [-0.2, 0) is 0 Å². The average Bonchev–Trinajstić information content (AvgIpc) is 2.54. The molecule has 2 rings (SSSR count). The van der Waals surface area contributed by atoms with E-state index < -0.39 is 5.91 Å². The van der Waals surface area contributed by atoms with Crippen LogP contribution in [0.15, 0.2) is 30.5 Å². The topological polar surface area (TPSA) is 85.4 Å². The highest BCUT2D eigenvalue weighted by molar-refractivity contribution is 6.31. The highest BCUT2D eigenvalue weighted by atomic mass is 35.5. The monoisotopic (exact) mass is 336 g/mol. The predicted molar refractivity (Wildman–Crippen MR) is 86.9 cm³/mol. The second-order valence-corrected chi connectivity index (χ2v) is 5.25. The molecule has 122 valence electrons. The summed E-state index contributed by atoms with van der Waals surface area (Å²) in [5.41, 5.74) is 5.42. The summed E-state index contributed by atoms with van der Waals surface area (Å²) >= 11 is 5.96. The number of carbonyl (C=O) groups excluding carboxylic acids is 1. The average molecular weight is 337 g/mol. The van der Waals surface area contributed by atoms with Crippen LogP contribution in [0.5, 0.6) is 11.6 Å². The maximum atomic E-state index is 12.3. The van der Waals surface area contributed by atoms with Crippen LogP contribution < -0.4 is 20.3 Å². The molecule has 1 heterocycles. The Morgan fingerprint density at radius 3 is 2.78 bits per heavy atom. The quantitative estimate of drug-likeness (QED) is 0.789. The third-order valence-electron chi connectivity index (χ3n) is 2.68. The van der Waals surface area contributed by atoms with Crippen LogP contribution in [0.1, 0.15) is 24.2 Å². The molecule has 0 bridgehead atoms. The number of hydrogen-bond acceptors (Lipinski definition) is 6. The van der Waals surface area contributed by atoms with E-state index in [0.29, 0.717) is 22.2 Å². The van der Waals surface area contributed by atoms with Gasteiger partial charge in [0.15, 0.2) is 0 Å². The van der Waals surface area contributed by atoms with E-state index in [-0.39, 0.29) is 12.1 Å². The van der Waals surface area contributed by atoms with E-state index in [1.807, 2.05) is 13.8 Å². The van der Waals surface area contributed by atoms with E-state index in [9.17, 15) is 4.79 Å². The summed E-state index contributed by atoms with van der Waals surface area (Å²) in [4.78, 5) is 20.3. The standard InChI is InChI=1S/C15H17ClN4O3/c1-9(2)23-12-5-4-10(16)8-11(12)14(21)19-20-15-17-7-6-13(18-15)22-3/h4-9H,1-3H3,(H,19,21)(H,17,18,20). The highest BCUT2D eigenvalue weighted by Crippen LogP contribution is 2.24. The summed E-state index contributed by atoms with van der Waals surface area (Å²) in [5.74, 6) is 0.597. The van der Waals surface area contributed by atoms with Gasteiger partial charge in [0, 0.05) is 17.3 Å². The largest absolute Gasteiger partial charge is 0.490 e. The first-order valence-electron chi connectivity index (χ1n) is 6.89. The molecule has 7 nitrogen and oxygen atoms in total. The minimum atomic E-state index is -0.422. The van der Waals surface area contributed by atoms with Gasteiger partial charge in [-0.3, -0.25) is 15.6 Å². The predicted octanol–water partition coefficient (Wildman–Crippen LogP) is 2.68. The molecule has 0 aliphatic heterocycles. The fourth-order valence-electron chi connectivity index (χ4n) is 1.73. The molecule has 2 N–H and O–H groups in total. The number of hydrogen-bond donors (Lipinski definition) is 2. The van der Waals surface area contributed by atoms with Gasteiger partial charge in [0.1, 0.15) is 5.75 Å². The fourth-order valence-corrected chi connectivity index (χ4v) is 1.90. The van der Waals surface area contributed by atoms with Crippen LogP contribution in [0.2, 0.25) is 5.02 Å². The van der Waals surface area contributed by atoms with E-state index >= 15 is 0 Å². The fraction of sp³-hybridized carbons (Fsp3) is 0.267. The van der Waals surface area contributed by atoms with Gasteiger partial charge in [0.05, 0.1) is 18.8 Å². The number of rotatable bonds is 6. The van der Waals surface area contributed by atoms with E-state index in [4.69, 9.17) is 21.1 Å². The second kappa shape index (κ2) is 7.64. The molecule has 0 saturated heterocycles. The van der Waals surface area contributed by atoms with Crippen LogP contribution >= 0.6 is 11.6 Å². The Labute approximate surface area is 139 Å². The summed E-state index contributed by atoms with van der Waals surface area (Å²) in [6.45, 7) is 3.75. The van der Waals surface area contributed by atoms with Crippen LogP contribution in [0, 0.1) is 0 Å². The number of halogens is 1. The van der Waals surface area contributed by atoms with Crippen LogP contribution in [0.25, 0.3) is 0 Å². The van der Waals surface area contributed by atoms with Crippen molar-refractivity contribution >= 4 is 23.5 Å². The molecule has 1 aromatic carbocycles. The summed E-state index contributed by atoms with van der Waals surface area (Å²) in [7, 11) is 1.49. The van der Waals surface area contributed by atoms with E-state index in [0.717, 1.165) is 0 Å². The van der Waals surface area contributed by atoms with Gasteiger partial charge in [0.2, 0.25) is 11.8 Å². The maximum absolute atomic E-state index is 12.3. The zero-order valence-electron chi connectivity index (χ0n) is 13.0. The molecule has 0 unspecified atom stereocenters. The van der Waals surface area contributed by atoms with Crippen LogP contribution in [0.4, 0.5) is 5.95 Å². The number of methoxy groups -OCH3 is 1. The SMILES string of the molecule is COc1ccnc(NNC(=O)c2cc(Cl)ccc2OC(C)C)n1. The van der Waals surface area contributed by atoms with Crippen molar-refractivity contribution in [2.75, 3.05) is 12.5 Å². The number of nitrogens with one attached hydrogen (secondary N) is 2. The van der Waals surface area contributed by atoms with Crippen molar-refractivity contribution in [1.29, 1.82) is 0 Å². The minimum absolute atomic E-state index is 0.0718. The second-order valence-electron chi connectivity index (χ2n) is 4.81. The third-order valence-corrected chi connectivity index (χ3v) is 2.91. The Balaban J connectivity index is 2.12. The highest BCUT2D eigenvalue weighted by Gasteiger charge is 2.14. The van der Waals surface area contributed by atoms with Gasteiger partial charge in [-0.05, 0) is 32.0 Å². The molecule has 0 aliphatic carbocycles. The molecule has 23 heavy (non-hydrogen) atoms. The van der Waals surface area contributed by atoms with Gasteiger partial charge in [-0.25, -0.2) is 4.98 Å². The number of aromatic nitrogens is 2. The van der Waals surface area contributed by atoms with Crippen molar-refractivity contribution < 1.29 is 14.3 Å².